The van der Waals surface area contributed by atoms with Crippen LogP contribution in [0.25, 0.3) is 0 Å². The number of hydrogen-bond donors (Lipinski definition) is 2. The number of hydrogen-bond acceptors (Lipinski definition) is 3. The quantitative estimate of drug-likeness (QED) is 0.764. The van der Waals surface area contributed by atoms with Crippen molar-refractivity contribution in [1.82, 2.24) is 0 Å². The lowest BCUT2D eigenvalue weighted by Crippen LogP contribution is -2.33. The first-order valence-corrected chi connectivity index (χ1v) is 5.70. The van der Waals surface area contributed by atoms with Crippen molar-refractivity contribution in [3.63, 3.8) is 0 Å². The third kappa shape index (κ3) is 1.71. The van der Waals surface area contributed by atoms with Gasteiger partial charge in [0.1, 0.15) is 12.0 Å². The summed E-state index contributed by atoms with van der Waals surface area (Å²) in [4.78, 5) is 11.0. The van der Waals surface area contributed by atoms with Crippen molar-refractivity contribution in [3.8, 4) is 5.75 Å². The van der Waals surface area contributed by atoms with Crippen molar-refractivity contribution in [3.05, 3.63) is 29.3 Å². The largest absolute Gasteiger partial charge is 0.508 e. The lowest BCUT2D eigenvalue weighted by Gasteiger charge is -2.29. The second-order valence-corrected chi connectivity index (χ2v) is 4.58. The molecule has 0 radical (unpaired) electrons. The van der Waals surface area contributed by atoms with Crippen molar-refractivity contribution in [2.45, 2.75) is 31.1 Å². The summed E-state index contributed by atoms with van der Waals surface area (Å²) in [7, 11) is 0. The minimum Gasteiger partial charge on any atom is -0.508 e. The predicted molar refractivity (Wildman–Crippen MR) is 62.7 cm³/mol. The molecule has 0 amide bonds. The fraction of sp³-hybridized carbons (Fsp3) is 0.462. The Bertz CT molecular complexity index is 395. The zero-order valence-electron chi connectivity index (χ0n) is 9.28. The van der Waals surface area contributed by atoms with E-state index in [0.717, 1.165) is 37.5 Å². The Balaban J connectivity index is 2.49. The molecule has 0 spiro atoms. The highest BCUT2D eigenvalue weighted by molar-refractivity contribution is 5.79. The van der Waals surface area contributed by atoms with Crippen LogP contribution in [0.4, 0.5) is 0 Å². The first kappa shape index (κ1) is 11.1. The molecule has 0 aromatic heterocycles. The van der Waals surface area contributed by atoms with Crippen LogP contribution in [-0.4, -0.2) is 17.9 Å². The lowest BCUT2D eigenvalue weighted by molar-refractivity contribution is 0.112. The summed E-state index contributed by atoms with van der Waals surface area (Å²) in [5.74, 6) is 0.135. The molecule has 2 rings (SSSR count). The zero-order valence-corrected chi connectivity index (χ0v) is 9.28. The maximum atomic E-state index is 11.0. The van der Waals surface area contributed by atoms with E-state index in [4.69, 9.17) is 5.73 Å². The highest BCUT2D eigenvalue weighted by Crippen LogP contribution is 2.41. The molecule has 16 heavy (non-hydrogen) atoms. The summed E-state index contributed by atoms with van der Waals surface area (Å²) < 4.78 is 0. The van der Waals surface area contributed by atoms with Crippen molar-refractivity contribution in [2.24, 2.45) is 5.73 Å². The topological polar surface area (TPSA) is 63.3 Å². The van der Waals surface area contributed by atoms with Crippen molar-refractivity contribution in [1.29, 1.82) is 0 Å². The van der Waals surface area contributed by atoms with Gasteiger partial charge in [0.2, 0.25) is 0 Å². The molecule has 0 unspecified atom stereocenters. The van der Waals surface area contributed by atoms with Crippen LogP contribution in [-0.2, 0) is 5.41 Å². The van der Waals surface area contributed by atoms with E-state index < -0.39 is 0 Å². The van der Waals surface area contributed by atoms with Gasteiger partial charge < -0.3 is 10.8 Å². The minimum atomic E-state index is -0.0516. The molecule has 3 N–H and O–H groups in total. The van der Waals surface area contributed by atoms with Gasteiger partial charge in [-0.15, -0.1) is 0 Å². The highest BCUT2D eigenvalue weighted by atomic mass is 16.3. The van der Waals surface area contributed by atoms with Crippen LogP contribution in [0.15, 0.2) is 18.2 Å². The number of phenols is 1. The molecule has 0 heterocycles. The first-order chi connectivity index (χ1) is 7.72. The molecule has 0 bridgehead atoms. The number of rotatable bonds is 3. The molecule has 0 aliphatic heterocycles. The molecule has 3 heteroatoms. The summed E-state index contributed by atoms with van der Waals surface area (Å²) in [6.45, 7) is 0.568. The number of benzene rings is 1. The van der Waals surface area contributed by atoms with Crippen LogP contribution in [0, 0.1) is 0 Å². The maximum absolute atomic E-state index is 11.0. The van der Waals surface area contributed by atoms with Crippen LogP contribution < -0.4 is 5.73 Å². The number of aldehydes is 1. The Labute approximate surface area is 95.3 Å². The van der Waals surface area contributed by atoms with E-state index in [1.54, 1.807) is 6.07 Å². The fourth-order valence-electron chi connectivity index (χ4n) is 2.77. The first-order valence-electron chi connectivity index (χ1n) is 5.70. The molecule has 1 aliphatic rings. The van der Waals surface area contributed by atoms with Gasteiger partial charge in [-0.2, -0.15) is 0 Å². The number of carbonyl (C=O) groups excluding carboxylic acids is 1. The standard InChI is InChI=1S/C13H17NO2/c14-9-13(5-1-2-6-13)12-4-3-11(16)7-10(12)8-15/h3-4,7-8,16H,1-2,5-6,9,14H2. The third-order valence-electron chi connectivity index (χ3n) is 3.68. The number of aromatic hydroxyl groups is 1. The average Bonchev–Trinajstić information content (AvgIpc) is 2.78. The third-order valence-corrected chi connectivity index (χ3v) is 3.68. The van der Waals surface area contributed by atoms with Gasteiger partial charge in [-0.05, 0) is 30.5 Å². The van der Waals surface area contributed by atoms with Crippen LogP contribution in [0.3, 0.4) is 0 Å². The van der Waals surface area contributed by atoms with Crippen LogP contribution in [0.5, 0.6) is 5.75 Å². The predicted octanol–water partition coefficient (Wildman–Crippen LogP) is 1.98. The Morgan fingerprint density at radius 1 is 1.38 bits per heavy atom. The molecular formula is C13H17NO2. The van der Waals surface area contributed by atoms with E-state index in [9.17, 15) is 9.90 Å². The minimum absolute atomic E-state index is 0.0516. The molecule has 1 aliphatic carbocycles. The Hall–Kier alpha value is -1.35. The van der Waals surface area contributed by atoms with Gasteiger partial charge in [-0.25, -0.2) is 0 Å². The molecule has 3 nitrogen and oxygen atoms in total. The summed E-state index contributed by atoms with van der Waals surface area (Å²) in [6.07, 6.45) is 5.21. The number of nitrogens with two attached hydrogens (primary N) is 1. The summed E-state index contributed by atoms with van der Waals surface area (Å²) in [5, 5.41) is 9.38. The Kier molecular flexibility index (Phi) is 2.97. The van der Waals surface area contributed by atoms with Gasteiger partial charge in [0.25, 0.3) is 0 Å². The molecule has 1 aromatic rings. The van der Waals surface area contributed by atoms with E-state index in [1.807, 2.05) is 6.07 Å². The molecule has 1 fully saturated rings. The van der Waals surface area contributed by atoms with Crippen LogP contribution >= 0.6 is 0 Å². The average molecular weight is 219 g/mol. The van der Waals surface area contributed by atoms with E-state index in [-0.39, 0.29) is 11.2 Å². The Morgan fingerprint density at radius 2 is 2.06 bits per heavy atom. The summed E-state index contributed by atoms with van der Waals surface area (Å²) in [6, 6.07) is 5.01. The molecule has 0 saturated heterocycles. The van der Waals surface area contributed by atoms with Gasteiger partial charge in [0, 0.05) is 17.5 Å². The number of phenolic OH excluding ortho intramolecular Hbond substituents is 1. The normalized spacial score (nSPS) is 18.6. The van der Waals surface area contributed by atoms with E-state index in [1.165, 1.54) is 6.07 Å². The summed E-state index contributed by atoms with van der Waals surface area (Å²) in [5.41, 5.74) is 7.41. The SMILES string of the molecule is NCC1(c2ccc(O)cc2C=O)CCCC1. The van der Waals surface area contributed by atoms with Gasteiger partial charge in [-0.1, -0.05) is 18.9 Å². The smallest absolute Gasteiger partial charge is 0.150 e. The number of carbonyl (C=O) groups is 1. The van der Waals surface area contributed by atoms with Gasteiger partial charge in [0.05, 0.1) is 0 Å². The van der Waals surface area contributed by atoms with E-state index >= 15 is 0 Å². The second-order valence-electron chi connectivity index (χ2n) is 4.58. The highest BCUT2D eigenvalue weighted by Gasteiger charge is 2.35. The van der Waals surface area contributed by atoms with Gasteiger partial charge in [-0.3, -0.25) is 4.79 Å². The van der Waals surface area contributed by atoms with Crippen molar-refractivity contribution in [2.75, 3.05) is 6.54 Å². The van der Waals surface area contributed by atoms with E-state index in [0.29, 0.717) is 12.1 Å². The zero-order chi connectivity index (χ0) is 11.6. The van der Waals surface area contributed by atoms with Crippen molar-refractivity contribution >= 4 is 6.29 Å². The van der Waals surface area contributed by atoms with Crippen LogP contribution in [0.1, 0.15) is 41.6 Å². The van der Waals surface area contributed by atoms with Gasteiger partial charge >= 0.3 is 0 Å². The molecule has 1 aromatic carbocycles. The molecule has 86 valence electrons. The van der Waals surface area contributed by atoms with Crippen molar-refractivity contribution < 1.29 is 9.90 Å². The Morgan fingerprint density at radius 3 is 2.62 bits per heavy atom. The molecule has 1 saturated carbocycles. The molecular weight excluding hydrogens is 202 g/mol. The van der Waals surface area contributed by atoms with Crippen LogP contribution in [0.2, 0.25) is 0 Å². The maximum Gasteiger partial charge on any atom is 0.150 e. The van der Waals surface area contributed by atoms with Gasteiger partial charge in [0.15, 0.2) is 0 Å². The monoisotopic (exact) mass is 219 g/mol. The fourth-order valence-corrected chi connectivity index (χ4v) is 2.77. The summed E-state index contributed by atoms with van der Waals surface area (Å²) >= 11 is 0. The lowest BCUT2D eigenvalue weighted by atomic mass is 9.77. The molecule has 0 atom stereocenters. The second kappa shape index (κ2) is 4.26. The van der Waals surface area contributed by atoms with E-state index in [2.05, 4.69) is 0 Å².